The minimum atomic E-state index is -0.116. The van der Waals surface area contributed by atoms with Gasteiger partial charge in [-0.1, -0.05) is 29.8 Å². The number of hydrogen-bond acceptors (Lipinski definition) is 7. The molecule has 0 bridgehead atoms. The van der Waals surface area contributed by atoms with Crippen LogP contribution in [-0.4, -0.2) is 117 Å². The van der Waals surface area contributed by atoms with E-state index in [4.69, 9.17) is 33.0 Å². The van der Waals surface area contributed by atoms with E-state index in [-0.39, 0.29) is 17.5 Å². The number of aromatic nitrogens is 4. The normalized spacial score (nSPS) is 25.1. The fraction of sp³-hybridized carbons (Fsp3) is 0.639. The maximum absolute atomic E-state index is 12.3. The molecule has 0 aliphatic carbocycles. The molecule has 0 radical (unpaired) electrons. The third-order valence-electron chi connectivity index (χ3n) is 12.1. The Kier molecular flexibility index (Phi) is 8.35. The van der Waals surface area contributed by atoms with Crippen molar-refractivity contribution in [2.75, 3.05) is 63.9 Å². The molecule has 5 aliphatic heterocycles. The van der Waals surface area contributed by atoms with E-state index in [1.54, 1.807) is 0 Å². The molecule has 7 heterocycles. The van der Waals surface area contributed by atoms with Crippen LogP contribution in [0.4, 0.5) is 5.82 Å². The van der Waals surface area contributed by atoms with E-state index in [0.717, 1.165) is 85.5 Å². The molecular formula is C36H48Cl2N8O2. The van der Waals surface area contributed by atoms with Crippen LogP contribution in [0, 0.1) is 12.8 Å². The van der Waals surface area contributed by atoms with E-state index >= 15 is 0 Å². The maximum Gasteiger partial charge on any atom is 0.245 e. The Morgan fingerprint density at radius 3 is 2.56 bits per heavy atom. The highest BCUT2D eigenvalue weighted by Crippen LogP contribution is 2.49. The van der Waals surface area contributed by atoms with Gasteiger partial charge < -0.3 is 14.5 Å². The number of fused-ring (bicyclic) bond motifs is 1. The number of ether oxygens (including phenoxy) is 1. The van der Waals surface area contributed by atoms with E-state index in [0.29, 0.717) is 40.6 Å². The van der Waals surface area contributed by atoms with Crippen LogP contribution in [0.3, 0.4) is 0 Å². The van der Waals surface area contributed by atoms with Crippen molar-refractivity contribution in [1.82, 2.24) is 34.7 Å². The van der Waals surface area contributed by atoms with Crippen molar-refractivity contribution in [3.63, 3.8) is 0 Å². The molecule has 1 amide bonds. The number of H-pyrrole nitrogens is 1. The Morgan fingerprint density at radius 1 is 1.10 bits per heavy atom. The Morgan fingerprint density at radius 2 is 1.88 bits per heavy atom. The molecule has 1 aromatic carbocycles. The minimum absolute atomic E-state index is 0.00776. The minimum Gasteiger partial charge on any atom is -0.378 e. The molecule has 0 unspecified atom stereocenters. The largest absolute Gasteiger partial charge is 0.378 e. The van der Waals surface area contributed by atoms with Crippen molar-refractivity contribution in [3.8, 4) is 11.1 Å². The summed E-state index contributed by atoms with van der Waals surface area (Å²) in [5.74, 6) is 1.58. The number of rotatable bonds is 7. The van der Waals surface area contributed by atoms with Crippen molar-refractivity contribution in [2.45, 2.75) is 82.5 Å². The number of halogens is 2. The third-order valence-corrected chi connectivity index (χ3v) is 12.9. The van der Waals surface area contributed by atoms with Gasteiger partial charge in [-0.25, -0.2) is 0 Å². The van der Waals surface area contributed by atoms with E-state index < -0.39 is 0 Å². The van der Waals surface area contributed by atoms with Crippen LogP contribution in [0.25, 0.3) is 22.0 Å². The fourth-order valence-corrected chi connectivity index (χ4v) is 10.2. The molecule has 5 fully saturated rings. The van der Waals surface area contributed by atoms with Crippen LogP contribution >= 0.6 is 23.2 Å². The van der Waals surface area contributed by atoms with Gasteiger partial charge in [-0.05, 0) is 83.9 Å². The van der Waals surface area contributed by atoms with Crippen molar-refractivity contribution in [1.29, 1.82) is 0 Å². The third kappa shape index (κ3) is 5.37. The van der Waals surface area contributed by atoms with E-state index in [2.05, 4.69) is 56.9 Å². The zero-order valence-electron chi connectivity index (χ0n) is 28.5. The molecule has 8 rings (SSSR count). The number of aromatic amines is 1. The molecule has 48 heavy (non-hydrogen) atoms. The first-order chi connectivity index (χ1) is 23.1. The van der Waals surface area contributed by atoms with Crippen LogP contribution in [0.5, 0.6) is 0 Å². The summed E-state index contributed by atoms with van der Waals surface area (Å²) in [6, 6.07) is 2.65. The molecule has 12 heteroatoms. The predicted octanol–water partition coefficient (Wildman–Crippen LogP) is 5.94. The number of hydrogen-bond donors (Lipinski definition) is 1. The second kappa shape index (κ2) is 12.3. The smallest absolute Gasteiger partial charge is 0.245 e. The molecule has 3 aromatic rings. The molecular weight excluding hydrogens is 647 g/mol. The molecule has 2 aromatic heterocycles. The van der Waals surface area contributed by atoms with Gasteiger partial charge in [0.05, 0.1) is 47.1 Å². The number of nitrogens with zero attached hydrogens (tertiary/aromatic N) is 7. The summed E-state index contributed by atoms with van der Waals surface area (Å²) >= 11 is 13.8. The van der Waals surface area contributed by atoms with Crippen molar-refractivity contribution in [2.24, 2.45) is 5.92 Å². The van der Waals surface area contributed by atoms with Gasteiger partial charge in [0.25, 0.3) is 0 Å². The lowest BCUT2D eigenvalue weighted by Gasteiger charge is -2.57. The number of piperidine rings is 2. The number of carbonyl (C=O) groups excluding carboxylic acids is 1. The topological polar surface area (TPSA) is 85.8 Å². The average Bonchev–Trinajstić information content (AvgIpc) is 3.74. The van der Waals surface area contributed by atoms with Gasteiger partial charge in [0.1, 0.15) is 0 Å². The van der Waals surface area contributed by atoms with Gasteiger partial charge in [0.2, 0.25) is 5.91 Å². The summed E-state index contributed by atoms with van der Waals surface area (Å²) in [5, 5.41) is 14.9. The molecule has 5 aliphatic rings. The summed E-state index contributed by atoms with van der Waals surface area (Å²) in [4.78, 5) is 22.2. The summed E-state index contributed by atoms with van der Waals surface area (Å²) in [6.07, 6.45) is 9.77. The molecule has 258 valence electrons. The van der Waals surface area contributed by atoms with Crippen LogP contribution < -0.4 is 4.90 Å². The number of nitrogens with one attached hydrogen (secondary N) is 1. The SMILES string of the molecule is C=CC(=O)N1CCC(n2nc(N3CC[C@@H](CN4CC5(CCCN5C5COC5)C4)CC3(C)C)c(-c3c(Cl)c(Cl)cc4[nH]ncc34)c2C)CC1. The van der Waals surface area contributed by atoms with Gasteiger partial charge in [0.15, 0.2) is 5.82 Å². The molecule has 10 nitrogen and oxygen atoms in total. The number of carbonyl (C=O) groups is 1. The highest BCUT2D eigenvalue weighted by atomic mass is 35.5. The fourth-order valence-electron chi connectivity index (χ4n) is 9.71. The average molecular weight is 696 g/mol. The quantitative estimate of drug-likeness (QED) is 0.307. The van der Waals surface area contributed by atoms with Crippen LogP contribution in [0.1, 0.15) is 64.1 Å². The van der Waals surface area contributed by atoms with Gasteiger partial charge >= 0.3 is 0 Å². The first kappa shape index (κ1) is 32.6. The van der Waals surface area contributed by atoms with E-state index in [1.165, 1.54) is 38.6 Å². The number of amides is 1. The van der Waals surface area contributed by atoms with Gasteiger partial charge in [-0.3, -0.25) is 24.4 Å². The summed E-state index contributed by atoms with van der Waals surface area (Å²) in [6.45, 7) is 19.5. The molecule has 5 saturated heterocycles. The van der Waals surface area contributed by atoms with E-state index in [1.807, 2.05) is 17.2 Å². The zero-order valence-corrected chi connectivity index (χ0v) is 30.0. The highest BCUT2D eigenvalue weighted by molar-refractivity contribution is 6.45. The highest BCUT2D eigenvalue weighted by Gasteiger charge is 2.53. The molecule has 1 atom stereocenters. The van der Waals surface area contributed by atoms with Crippen molar-refractivity contribution >= 4 is 45.8 Å². The standard InChI is InChI=1S/C36H48Cl2N8O2/c1-5-30(47)43-12-8-25(9-13-43)46-23(2)31(32-27-17-39-40-29(27)15-28(37)33(32)38)34(41-46)45-14-7-24(16-35(45,3)4)18-42-21-36(22-42)10-6-11-44(36)26-19-48-20-26/h5,15,17,24-26H,1,6-14,16,18-22H2,2-4H3,(H,39,40)/t24-/m1/s1. The summed E-state index contributed by atoms with van der Waals surface area (Å²) in [5.41, 5.74) is 4.09. The Bertz CT molecular complexity index is 1720. The Hall–Kier alpha value is -2.63. The second-order valence-electron chi connectivity index (χ2n) is 15.6. The number of benzene rings is 1. The molecule has 1 spiro atoms. The van der Waals surface area contributed by atoms with E-state index in [9.17, 15) is 4.79 Å². The van der Waals surface area contributed by atoms with Gasteiger partial charge in [-0.15, -0.1) is 0 Å². The zero-order chi connectivity index (χ0) is 33.4. The first-order valence-electron chi connectivity index (χ1n) is 17.7. The Balaban J connectivity index is 1.07. The second-order valence-corrected chi connectivity index (χ2v) is 16.4. The number of anilines is 1. The molecule has 1 N–H and O–H groups in total. The van der Waals surface area contributed by atoms with Gasteiger partial charge in [0, 0.05) is 72.6 Å². The summed E-state index contributed by atoms with van der Waals surface area (Å²) < 4.78 is 7.75. The summed E-state index contributed by atoms with van der Waals surface area (Å²) in [7, 11) is 0. The monoisotopic (exact) mass is 694 g/mol. The number of likely N-dealkylation sites (tertiary alicyclic amines) is 3. The van der Waals surface area contributed by atoms with Gasteiger partial charge in [-0.2, -0.15) is 10.2 Å². The Labute approximate surface area is 293 Å². The van der Waals surface area contributed by atoms with Crippen LogP contribution in [0.2, 0.25) is 10.0 Å². The predicted molar refractivity (Wildman–Crippen MR) is 191 cm³/mol. The van der Waals surface area contributed by atoms with Crippen LogP contribution in [0.15, 0.2) is 24.9 Å². The lowest BCUT2D eigenvalue weighted by atomic mass is 9.79. The van der Waals surface area contributed by atoms with Crippen molar-refractivity contribution in [3.05, 3.63) is 40.7 Å². The van der Waals surface area contributed by atoms with Crippen LogP contribution in [-0.2, 0) is 9.53 Å². The lowest BCUT2D eigenvalue weighted by Crippen LogP contribution is -2.72. The van der Waals surface area contributed by atoms with Crippen molar-refractivity contribution < 1.29 is 9.53 Å². The maximum atomic E-state index is 12.3. The lowest BCUT2D eigenvalue weighted by molar-refractivity contribution is -0.130. The first-order valence-corrected chi connectivity index (χ1v) is 18.5. The molecule has 0 saturated carbocycles.